The number of carbonyl (C=O) groups is 1. The molecule has 7 nitrogen and oxygen atoms in total. The maximum Gasteiger partial charge on any atom is 0.219 e. The average molecular weight is 355 g/mol. The van der Waals surface area contributed by atoms with E-state index in [9.17, 15) is 4.79 Å². The third-order valence-corrected chi connectivity index (χ3v) is 5.43. The van der Waals surface area contributed by atoms with E-state index in [0.29, 0.717) is 11.8 Å². The van der Waals surface area contributed by atoms with Gasteiger partial charge in [0.2, 0.25) is 5.91 Å². The molecule has 138 valence electrons. The highest BCUT2D eigenvalue weighted by Gasteiger charge is 2.29. The number of piperidine rings is 1. The number of likely N-dealkylation sites (tertiary alicyclic amines) is 1. The molecular formula is C19H25N5O2. The Bertz CT molecular complexity index is 747. The smallest absolute Gasteiger partial charge is 0.219 e. The van der Waals surface area contributed by atoms with Gasteiger partial charge in [0, 0.05) is 51.3 Å². The average Bonchev–Trinajstić information content (AvgIpc) is 3.15. The Balaban J connectivity index is 1.63. The molecule has 7 heteroatoms. The topological polar surface area (TPSA) is 73.1 Å². The molecule has 2 aromatic rings. The Labute approximate surface area is 153 Å². The molecule has 0 bridgehead atoms. The van der Waals surface area contributed by atoms with Crippen molar-refractivity contribution >= 4 is 5.91 Å². The summed E-state index contributed by atoms with van der Waals surface area (Å²) in [5.74, 6) is 2.74. The first-order chi connectivity index (χ1) is 12.7. The van der Waals surface area contributed by atoms with Crippen LogP contribution >= 0.6 is 0 Å². The number of pyridine rings is 1. The number of aromatic nitrogens is 4. The zero-order valence-corrected chi connectivity index (χ0v) is 15.2. The zero-order valence-electron chi connectivity index (χ0n) is 15.2. The lowest BCUT2D eigenvalue weighted by molar-refractivity contribution is -0.129. The molecule has 0 spiro atoms. The molecule has 0 radical (unpaired) electrons. The summed E-state index contributed by atoms with van der Waals surface area (Å²) in [5, 5.41) is 4.86. The van der Waals surface area contributed by atoms with E-state index in [0.717, 1.165) is 69.3 Å². The van der Waals surface area contributed by atoms with E-state index in [2.05, 4.69) is 4.98 Å². The molecule has 2 aromatic heterocycles. The van der Waals surface area contributed by atoms with Crippen LogP contribution in [0.15, 0.2) is 24.5 Å². The maximum absolute atomic E-state index is 11.6. The van der Waals surface area contributed by atoms with Crippen LogP contribution in [-0.2, 0) is 9.53 Å². The lowest BCUT2D eigenvalue weighted by Crippen LogP contribution is -2.36. The second-order valence-corrected chi connectivity index (χ2v) is 7.12. The second kappa shape index (κ2) is 7.53. The fourth-order valence-corrected chi connectivity index (χ4v) is 3.86. The summed E-state index contributed by atoms with van der Waals surface area (Å²) in [7, 11) is 0. The van der Waals surface area contributed by atoms with Gasteiger partial charge in [-0.1, -0.05) is 0 Å². The molecule has 2 aliphatic heterocycles. The van der Waals surface area contributed by atoms with Crippen molar-refractivity contribution in [2.24, 2.45) is 0 Å². The van der Waals surface area contributed by atoms with Gasteiger partial charge in [0.1, 0.15) is 5.82 Å². The summed E-state index contributed by atoms with van der Waals surface area (Å²) in [6.07, 6.45) is 7.39. The largest absolute Gasteiger partial charge is 0.381 e. The first-order valence-corrected chi connectivity index (χ1v) is 9.43. The van der Waals surface area contributed by atoms with Crippen molar-refractivity contribution in [3.63, 3.8) is 0 Å². The van der Waals surface area contributed by atoms with Crippen molar-refractivity contribution < 1.29 is 9.53 Å². The standard InChI is InChI=1S/C19H25N5O2/c1-14(25)23-9-4-16(5-10-23)19-21-18(15-6-11-26-12-7-15)22-24(19)17-3-2-8-20-13-17/h2-3,8,13,15-16H,4-7,9-12H2,1H3. The number of hydrogen-bond acceptors (Lipinski definition) is 5. The predicted octanol–water partition coefficient (Wildman–Crippen LogP) is 2.28. The third kappa shape index (κ3) is 3.49. The first-order valence-electron chi connectivity index (χ1n) is 9.43. The molecule has 0 N–H and O–H groups in total. The molecule has 0 saturated carbocycles. The van der Waals surface area contributed by atoms with Crippen molar-refractivity contribution in [1.82, 2.24) is 24.6 Å². The molecule has 2 aliphatic rings. The molecule has 0 unspecified atom stereocenters. The van der Waals surface area contributed by atoms with Gasteiger partial charge in [-0.25, -0.2) is 9.67 Å². The van der Waals surface area contributed by atoms with Gasteiger partial charge >= 0.3 is 0 Å². The SMILES string of the molecule is CC(=O)N1CCC(c2nc(C3CCOCC3)nn2-c2cccnc2)CC1. The highest BCUT2D eigenvalue weighted by molar-refractivity contribution is 5.73. The molecule has 1 amide bonds. The van der Waals surface area contributed by atoms with Crippen molar-refractivity contribution in [3.8, 4) is 5.69 Å². The number of rotatable bonds is 3. The van der Waals surface area contributed by atoms with Gasteiger partial charge in [-0.2, -0.15) is 5.10 Å². The van der Waals surface area contributed by atoms with Crippen LogP contribution in [0.3, 0.4) is 0 Å². The second-order valence-electron chi connectivity index (χ2n) is 7.12. The molecule has 4 rings (SSSR count). The summed E-state index contributed by atoms with van der Waals surface area (Å²) in [4.78, 5) is 22.7. The number of carbonyl (C=O) groups excluding carboxylic acids is 1. The van der Waals surface area contributed by atoms with Crippen molar-refractivity contribution in [3.05, 3.63) is 36.2 Å². The minimum absolute atomic E-state index is 0.153. The summed E-state index contributed by atoms with van der Waals surface area (Å²) in [6, 6.07) is 3.94. The van der Waals surface area contributed by atoms with Crippen molar-refractivity contribution in [1.29, 1.82) is 0 Å². The molecule has 2 fully saturated rings. The molecule has 0 aromatic carbocycles. The third-order valence-electron chi connectivity index (χ3n) is 5.43. The van der Waals surface area contributed by atoms with Gasteiger partial charge in [0.15, 0.2) is 5.82 Å². The zero-order chi connectivity index (χ0) is 17.9. The lowest BCUT2D eigenvalue weighted by atomic mass is 9.95. The van der Waals surface area contributed by atoms with Gasteiger partial charge in [-0.3, -0.25) is 9.78 Å². The van der Waals surface area contributed by atoms with E-state index >= 15 is 0 Å². The highest BCUT2D eigenvalue weighted by Crippen LogP contribution is 2.31. The van der Waals surface area contributed by atoms with E-state index in [1.165, 1.54) is 0 Å². The molecule has 0 atom stereocenters. The van der Waals surface area contributed by atoms with E-state index < -0.39 is 0 Å². The van der Waals surface area contributed by atoms with Crippen LogP contribution in [0.25, 0.3) is 5.69 Å². The summed E-state index contributed by atoms with van der Waals surface area (Å²) >= 11 is 0. The quantitative estimate of drug-likeness (QED) is 0.844. The van der Waals surface area contributed by atoms with Gasteiger partial charge in [-0.15, -0.1) is 0 Å². The Morgan fingerprint density at radius 1 is 1.15 bits per heavy atom. The van der Waals surface area contributed by atoms with Gasteiger partial charge < -0.3 is 9.64 Å². The minimum atomic E-state index is 0.153. The van der Waals surface area contributed by atoms with Crippen molar-refractivity contribution in [2.45, 2.75) is 44.4 Å². The predicted molar refractivity (Wildman–Crippen MR) is 96.2 cm³/mol. The Morgan fingerprint density at radius 2 is 1.92 bits per heavy atom. The van der Waals surface area contributed by atoms with E-state index in [1.54, 1.807) is 13.1 Å². The van der Waals surface area contributed by atoms with Crippen LogP contribution in [0.4, 0.5) is 0 Å². The first kappa shape index (κ1) is 17.1. The Morgan fingerprint density at radius 3 is 2.58 bits per heavy atom. The minimum Gasteiger partial charge on any atom is -0.381 e. The highest BCUT2D eigenvalue weighted by atomic mass is 16.5. The van der Waals surface area contributed by atoms with Crippen LogP contribution in [-0.4, -0.2) is 56.9 Å². The van der Waals surface area contributed by atoms with Gasteiger partial charge in [0.25, 0.3) is 0 Å². The fourth-order valence-electron chi connectivity index (χ4n) is 3.86. The van der Waals surface area contributed by atoms with Crippen molar-refractivity contribution in [2.75, 3.05) is 26.3 Å². The fraction of sp³-hybridized carbons (Fsp3) is 0.579. The van der Waals surface area contributed by atoms with Gasteiger partial charge in [-0.05, 0) is 37.8 Å². The maximum atomic E-state index is 11.6. The van der Waals surface area contributed by atoms with Crippen LogP contribution in [0.1, 0.15) is 56.1 Å². The van der Waals surface area contributed by atoms with E-state index in [-0.39, 0.29) is 5.91 Å². The molecule has 0 aliphatic carbocycles. The number of ether oxygens (including phenoxy) is 1. The molecule has 4 heterocycles. The van der Waals surface area contributed by atoms with E-state index in [4.69, 9.17) is 14.8 Å². The van der Waals surface area contributed by atoms with Crippen LogP contribution in [0.5, 0.6) is 0 Å². The van der Waals surface area contributed by atoms with Crippen LogP contribution < -0.4 is 0 Å². The van der Waals surface area contributed by atoms with Gasteiger partial charge in [0.05, 0.1) is 11.9 Å². The number of hydrogen-bond donors (Lipinski definition) is 0. The summed E-state index contributed by atoms with van der Waals surface area (Å²) < 4.78 is 7.45. The molecular weight excluding hydrogens is 330 g/mol. The monoisotopic (exact) mass is 355 g/mol. The number of nitrogens with zero attached hydrogens (tertiary/aromatic N) is 5. The molecule has 2 saturated heterocycles. The van der Waals surface area contributed by atoms with Crippen LogP contribution in [0, 0.1) is 0 Å². The summed E-state index contributed by atoms with van der Waals surface area (Å²) in [5.41, 5.74) is 0.947. The Hall–Kier alpha value is -2.28. The summed E-state index contributed by atoms with van der Waals surface area (Å²) in [6.45, 7) is 4.76. The lowest BCUT2D eigenvalue weighted by Gasteiger charge is -2.30. The van der Waals surface area contributed by atoms with Crippen LogP contribution in [0.2, 0.25) is 0 Å². The number of amides is 1. The molecule has 26 heavy (non-hydrogen) atoms. The van der Waals surface area contributed by atoms with E-state index in [1.807, 2.05) is 27.9 Å². The normalized spacial score (nSPS) is 19.7. The Kier molecular flexibility index (Phi) is 4.97.